The number of hydrogen-bond donors (Lipinski definition) is 0. The van der Waals surface area contributed by atoms with E-state index in [2.05, 4.69) is 0 Å². The molecule has 0 aromatic heterocycles. The van der Waals surface area contributed by atoms with Crippen molar-refractivity contribution in [1.29, 1.82) is 0 Å². The molecule has 2 aromatic rings. The minimum Gasteiger partial charge on any atom is -0.496 e. The molecule has 0 aliphatic carbocycles. The van der Waals surface area contributed by atoms with E-state index in [1.54, 1.807) is 30.3 Å². The summed E-state index contributed by atoms with van der Waals surface area (Å²) in [6.07, 6.45) is 0. The Morgan fingerprint density at radius 3 is 2.54 bits per heavy atom. The predicted octanol–water partition coefficient (Wildman–Crippen LogP) is 3.06. The van der Waals surface area contributed by atoms with Gasteiger partial charge in [0.15, 0.2) is 9.84 Å². The van der Waals surface area contributed by atoms with Crippen molar-refractivity contribution in [3.63, 3.8) is 0 Å². The zero-order valence-electron chi connectivity index (χ0n) is 14.4. The zero-order valence-corrected chi connectivity index (χ0v) is 16.0. The fraction of sp³-hybridized carbons (Fsp3) is 0.278. The van der Waals surface area contributed by atoms with Crippen LogP contribution in [-0.4, -0.2) is 39.1 Å². The normalized spacial score (nSPS) is 11.2. The largest absolute Gasteiger partial charge is 0.496 e. The molecule has 2 rings (SSSR count). The molecule has 0 atom stereocenters. The van der Waals surface area contributed by atoms with Crippen LogP contribution in [0, 0.1) is 5.82 Å². The van der Waals surface area contributed by atoms with E-state index < -0.39 is 27.3 Å². The molecule has 0 unspecified atom stereocenters. The molecule has 0 spiro atoms. The van der Waals surface area contributed by atoms with Gasteiger partial charge >= 0.3 is 0 Å². The van der Waals surface area contributed by atoms with Crippen LogP contribution in [0.1, 0.15) is 11.1 Å². The Labute approximate surface area is 157 Å². The van der Waals surface area contributed by atoms with Crippen molar-refractivity contribution < 1.29 is 22.3 Å². The number of carbonyl (C=O) groups is 1. The van der Waals surface area contributed by atoms with Crippen LogP contribution < -0.4 is 4.74 Å². The Hall–Kier alpha value is -2.12. The van der Waals surface area contributed by atoms with E-state index in [4.69, 9.17) is 16.3 Å². The van der Waals surface area contributed by atoms with E-state index in [1.807, 2.05) is 0 Å². The summed E-state index contributed by atoms with van der Waals surface area (Å²) in [5.41, 5.74) is 0.696. The van der Waals surface area contributed by atoms with Gasteiger partial charge in [0.1, 0.15) is 17.3 Å². The first-order valence-electron chi connectivity index (χ1n) is 7.72. The van der Waals surface area contributed by atoms with Crippen LogP contribution in [0.4, 0.5) is 4.39 Å². The lowest BCUT2D eigenvalue weighted by Crippen LogP contribution is -2.32. The van der Waals surface area contributed by atoms with Gasteiger partial charge in [0.25, 0.3) is 0 Å². The Bertz CT molecular complexity index is 902. The molecule has 0 bridgehead atoms. The van der Waals surface area contributed by atoms with Crippen LogP contribution in [-0.2, 0) is 26.9 Å². The molecule has 1 amide bonds. The van der Waals surface area contributed by atoms with Gasteiger partial charge in [-0.05, 0) is 24.3 Å². The number of ether oxygens (including phenoxy) is 1. The summed E-state index contributed by atoms with van der Waals surface area (Å²) in [5.74, 6) is -1.75. The Morgan fingerprint density at radius 2 is 1.88 bits per heavy atom. The smallest absolute Gasteiger partial charge is 0.237 e. The fourth-order valence-corrected chi connectivity index (χ4v) is 4.01. The van der Waals surface area contributed by atoms with Crippen molar-refractivity contribution in [2.75, 3.05) is 19.9 Å². The van der Waals surface area contributed by atoms with Crippen LogP contribution in [0.15, 0.2) is 42.5 Å². The average Bonchev–Trinajstić information content (AvgIpc) is 2.56. The van der Waals surface area contributed by atoms with Crippen molar-refractivity contribution in [2.45, 2.75) is 12.3 Å². The SMILES string of the molecule is COc1ccc(Cl)cc1CS(=O)(=O)CC(=O)N(C)Cc1ccccc1F. The molecule has 0 N–H and O–H groups in total. The van der Waals surface area contributed by atoms with E-state index >= 15 is 0 Å². The van der Waals surface area contributed by atoms with E-state index in [0.717, 1.165) is 0 Å². The molecule has 0 aliphatic heterocycles. The van der Waals surface area contributed by atoms with Gasteiger partial charge in [-0.2, -0.15) is 0 Å². The summed E-state index contributed by atoms with van der Waals surface area (Å²) >= 11 is 5.90. The minimum atomic E-state index is -3.75. The van der Waals surface area contributed by atoms with Crippen molar-refractivity contribution in [3.8, 4) is 5.75 Å². The van der Waals surface area contributed by atoms with Crippen LogP contribution in [0.25, 0.3) is 0 Å². The quantitative estimate of drug-likeness (QED) is 0.717. The van der Waals surface area contributed by atoms with Crippen LogP contribution in [0.5, 0.6) is 5.75 Å². The summed E-state index contributed by atoms with van der Waals surface area (Å²) in [5, 5.41) is 0.374. The van der Waals surface area contributed by atoms with Crippen LogP contribution >= 0.6 is 11.6 Å². The topological polar surface area (TPSA) is 63.7 Å². The standard InChI is InChI=1S/C18H19ClFNO4S/c1-21(10-13-5-3-4-6-16(13)20)18(22)12-26(23,24)11-14-9-15(19)7-8-17(14)25-2/h3-9H,10-12H2,1-2H3. The summed E-state index contributed by atoms with van der Waals surface area (Å²) in [7, 11) is -0.896. The van der Waals surface area contributed by atoms with Crippen molar-refractivity contribution >= 4 is 27.3 Å². The third-order valence-electron chi connectivity index (χ3n) is 3.75. The molecule has 5 nitrogen and oxygen atoms in total. The van der Waals surface area contributed by atoms with E-state index in [9.17, 15) is 17.6 Å². The summed E-state index contributed by atoms with van der Waals surface area (Å²) in [4.78, 5) is 13.4. The van der Waals surface area contributed by atoms with Gasteiger partial charge in [-0.1, -0.05) is 29.8 Å². The van der Waals surface area contributed by atoms with Crippen LogP contribution in [0.2, 0.25) is 5.02 Å². The number of benzene rings is 2. The minimum absolute atomic E-state index is 0.0124. The number of nitrogens with zero attached hydrogens (tertiary/aromatic N) is 1. The fourth-order valence-electron chi connectivity index (χ4n) is 2.42. The van der Waals surface area contributed by atoms with Gasteiger partial charge in [0, 0.05) is 29.7 Å². The van der Waals surface area contributed by atoms with Gasteiger partial charge in [-0.25, -0.2) is 12.8 Å². The van der Waals surface area contributed by atoms with E-state index in [-0.39, 0.29) is 12.3 Å². The van der Waals surface area contributed by atoms with Gasteiger partial charge in [-0.3, -0.25) is 4.79 Å². The van der Waals surface area contributed by atoms with Crippen molar-refractivity contribution in [1.82, 2.24) is 4.90 Å². The predicted molar refractivity (Wildman–Crippen MR) is 98.4 cm³/mol. The molecular formula is C18H19ClFNO4S. The number of carbonyl (C=O) groups excluding carboxylic acids is 1. The van der Waals surface area contributed by atoms with Gasteiger partial charge in [-0.15, -0.1) is 0 Å². The second-order valence-corrected chi connectivity index (χ2v) is 8.33. The van der Waals surface area contributed by atoms with Gasteiger partial charge in [0.05, 0.1) is 12.9 Å². The molecule has 0 fully saturated rings. The lowest BCUT2D eigenvalue weighted by atomic mass is 10.2. The maximum atomic E-state index is 13.7. The molecule has 8 heteroatoms. The molecular weight excluding hydrogens is 381 g/mol. The van der Waals surface area contributed by atoms with Crippen LogP contribution in [0.3, 0.4) is 0 Å². The van der Waals surface area contributed by atoms with Gasteiger partial charge < -0.3 is 9.64 Å². The maximum absolute atomic E-state index is 13.7. The van der Waals surface area contributed by atoms with Gasteiger partial charge in [0.2, 0.25) is 5.91 Å². The molecule has 0 heterocycles. The number of rotatable bonds is 7. The second-order valence-electron chi connectivity index (χ2n) is 5.83. The average molecular weight is 400 g/mol. The summed E-state index contributed by atoms with van der Waals surface area (Å²) < 4.78 is 43.6. The Kier molecular flexibility index (Phi) is 6.61. The first-order chi connectivity index (χ1) is 12.2. The highest BCUT2D eigenvalue weighted by molar-refractivity contribution is 7.91. The molecule has 2 aromatic carbocycles. The highest BCUT2D eigenvalue weighted by atomic mass is 35.5. The van der Waals surface area contributed by atoms with E-state index in [1.165, 1.54) is 31.2 Å². The Morgan fingerprint density at radius 1 is 1.19 bits per heavy atom. The first kappa shape index (κ1) is 20.2. The van der Waals surface area contributed by atoms with Crippen molar-refractivity contribution in [3.05, 3.63) is 64.4 Å². The number of halogens is 2. The number of amides is 1. The summed E-state index contributed by atoms with van der Waals surface area (Å²) in [6, 6.07) is 10.7. The molecule has 0 saturated heterocycles. The zero-order chi connectivity index (χ0) is 19.3. The second kappa shape index (κ2) is 8.51. The van der Waals surface area contributed by atoms with Crippen molar-refractivity contribution in [2.24, 2.45) is 0 Å². The highest BCUT2D eigenvalue weighted by Gasteiger charge is 2.22. The number of sulfone groups is 1. The lowest BCUT2D eigenvalue weighted by Gasteiger charge is -2.18. The Balaban J connectivity index is 2.07. The third kappa shape index (κ3) is 5.44. The monoisotopic (exact) mass is 399 g/mol. The molecule has 0 radical (unpaired) electrons. The highest BCUT2D eigenvalue weighted by Crippen LogP contribution is 2.25. The number of methoxy groups -OCH3 is 1. The summed E-state index contributed by atoms with van der Waals surface area (Å²) in [6.45, 7) is -0.0124. The van der Waals surface area contributed by atoms with E-state index in [0.29, 0.717) is 21.9 Å². The maximum Gasteiger partial charge on any atom is 0.237 e. The lowest BCUT2D eigenvalue weighted by molar-refractivity contribution is -0.127. The molecule has 26 heavy (non-hydrogen) atoms. The first-order valence-corrected chi connectivity index (χ1v) is 9.92. The molecule has 0 saturated carbocycles. The molecule has 0 aliphatic rings. The third-order valence-corrected chi connectivity index (χ3v) is 5.43. The number of hydrogen-bond acceptors (Lipinski definition) is 4. The molecule has 140 valence electrons.